The highest BCUT2D eigenvalue weighted by molar-refractivity contribution is 7.90. The molecule has 126 valence electrons. The van der Waals surface area contributed by atoms with Crippen molar-refractivity contribution in [2.75, 3.05) is 13.1 Å². The van der Waals surface area contributed by atoms with Crippen molar-refractivity contribution >= 4 is 27.7 Å². The van der Waals surface area contributed by atoms with Crippen molar-refractivity contribution in [2.24, 2.45) is 0 Å². The molecule has 2 heterocycles. The minimum absolute atomic E-state index is 0.0534. The van der Waals surface area contributed by atoms with Crippen molar-refractivity contribution in [1.82, 2.24) is 9.21 Å². The van der Waals surface area contributed by atoms with Gasteiger partial charge in [0.1, 0.15) is 4.90 Å². The molecule has 25 heavy (non-hydrogen) atoms. The van der Waals surface area contributed by atoms with Crippen LogP contribution < -0.4 is 0 Å². The quantitative estimate of drug-likeness (QED) is 0.769. The smallest absolute Gasteiger partial charge is 0.269 e. The summed E-state index contributed by atoms with van der Waals surface area (Å²) >= 11 is 0. The Morgan fingerprint density at radius 3 is 1.76 bits per heavy atom. The number of sulfonamides is 1. The van der Waals surface area contributed by atoms with Crippen LogP contribution in [0.4, 0.5) is 0 Å². The molecule has 0 spiro atoms. The number of imide groups is 1. The molecule has 0 saturated heterocycles. The Kier molecular flexibility index (Phi) is 3.26. The molecule has 2 aromatic carbocycles. The zero-order valence-corrected chi connectivity index (χ0v) is 13.7. The lowest BCUT2D eigenvalue weighted by atomic mass is 10.1. The van der Waals surface area contributed by atoms with Crippen LogP contribution in [-0.4, -0.2) is 48.4 Å². The van der Waals surface area contributed by atoms with Gasteiger partial charge in [-0.15, -0.1) is 0 Å². The molecule has 3 amide bonds. The molecule has 0 aliphatic carbocycles. The minimum atomic E-state index is -3.96. The fraction of sp³-hybridized carbons (Fsp3) is 0.118. The molecule has 0 bridgehead atoms. The normalized spacial score (nSPS) is 17.8. The van der Waals surface area contributed by atoms with E-state index >= 15 is 0 Å². The standard InChI is InChI=1S/C17H12N2O5S/c20-15-11-5-1-2-6-12(11)16(21)18(15)9-10-19-17(22)13-7-3-4-8-14(13)25(19,23)24/h1-8H,9-10H2. The van der Waals surface area contributed by atoms with Gasteiger partial charge in [-0.25, -0.2) is 12.7 Å². The molecule has 0 saturated carbocycles. The number of hydrogen-bond donors (Lipinski definition) is 0. The fourth-order valence-corrected chi connectivity index (χ4v) is 4.65. The van der Waals surface area contributed by atoms with Gasteiger partial charge in [0.2, 0.25) is 0 Å². The van der Waals surface area contributed by atoms with Crippen molar-refractivity contribution in [2.45, 2.75) is 4.90 Å². The zero-order valence-electron chi connectivity index (χ0n) is 12.9. The highest BCUT2D eigenvalue weighted by Gasteiger charge is 2.42. The molecule has 4 rings (SSSR count). The van der Waals surface area contributed by atoms with Gasteiger partial charge in [0.25, 0.3) is 27.7 Å². The first-order valence-electron chi connectivity index (χ1n) is 7.54. The molecule has 2 aliphatic rings. The van der Waals surface area contributed by atoms with Crippen LogP contribution >= 0.6 is 0 Å². The maximum atomic E-state index is 12.5. The lowest BCUT2D eigenvalue weighted by Crippen LogP contribution is -2.40. The lowest BCUT2D eigenvalue weighted by Gasteiger charge is -2.19. The Labute approximate surface area is 143 Å². The topological polar surface area (TPSA) is 91.8 Å². The van der Waals surface area contributed by atoms with Crippen LogP contribution in [-0.2, 0) is 10.0 Å². The van der Waals surface area contributed by atoms with Gasteiger partial charge in [0, 0.05) is 6.54 Å². The zero-order chi connectivity index (χ0) is 17.8. The number of amides is 3. The second-order valence-corrected chi connectivity index (χ2v) is 7.52. The number of rotatable bonds is 3. The minimum Gasteiger partial charge on any atom is -0.273 e. The summed E-state index contributed by atoms with van der Waals surface area (Å²) in [6.45, 7) is -0.466. The SMILES string of the molecule is O=C1c2ccccc2C(=O)N1CCN1C(=O)c2ccccc2S1(=O)=O. The van der Waals surface area contributed by atoms with Crippen LogP contribution in [0.1, 0.15) is 31.1 Å². The molecule has 0 radical (unpaired) electrons. The van der Waals surface area contributed by atoms with E-state index in [0.717, 1.165) is 4.90 Å². The molecule has 0 atom stereocenters. The Bertz CT molecular complexity index is 1010. The third kappa shape index (κ3) is 2.11. The van der Waals surface area contributed by atoms with Gasteiger partial charge >= 0.3 is 0 Å². The molecule has 0 N–H and O–H groups in total. The Balaban J connectivity index is 1.59. The Hall–Kier alpha value is -3.00. The molecule has 0 fully saturated rings. The predicted molar refractivity (Wildman–Crippen MR) is 86.5 cm³/mol. The van der Waals surface area contributed by atoms with E-state index in [1.807, 2.05) is 0 Å². The van der Waals surface area contributed by atoms with E-state index in [0.29, 0.717) is 4.31 Å². The molecule has 7 nitrogen and oxygen atoms in total. The van der Waals surface area contributed by atoms with E-state index in [2.05, 4.69) is 0 Å². The first-order chi connectivity index (χ1) is 11.9. The lowest BCUT2D eigenvalue weighted by molar-refractivity contribution is 0.0634. The number of fused-ring (bicyclic) bond motifs is 2. The molecule has 2 aromatic rings. The van der Waals surface area contributed by atoms with Crippen LogP contribution in [0, 0.1) is 0 Å². The summed E-state index contributed by atoms with van der Waals surface area (Å²) in [6, 6.07) is 12.3. The molecule has 8 heteroatoms. The predicted octanol–water partition coefficient (Wildman–Crippen LogP) is 1.13. The van der Waals surface area contributed by atoms with Crippen LogP contribution in [0.25, 0.3) is 0 Å². The Morgan fingerprint density at radius 2 is 1.20 bits per heavy atom. The van der Waals surface area contributed by atoms with Crippen molar-refractivity contribution in [3.63, 3.8) is 0 Å². The van der Waals surface area contributed by atoms with E-state index in [9.17, 15) is 22.8 Å². The molecular formula is C17H12N2O5S. The summed E-state index contributed by atoms with van der Waals surface area (Å²) in [7, 11) is -3.96. The van der Waals surface area contributed by atoms with Crippen LogP contribution in [0.3, 0.4) is 0 Å². The van der Waals surface area contributed by atoms with E-state index in [1.54, 1.807) is 30.3 Å². The molecule has 2 aliphatic heterocycles. The average molecular weight is 356 g/mol. The Morgan fingerprint density at radius 1 is 0.680 bits per heavy atom. The highest BCUT2D eigenvalue weighted by atomic mass is 32.2. The fourth-order valence-electron chi connectivity index (χ4n) is 3.09. The van der Waals surface area contributed by atoms with E-state index in [1.165, 1.54) is 18.2 Å². The first-order valence-corrected chi connectivity index (χ1v) is 8.98. The summed E-state index contributed by atoms with van der Waals surface area (Å²) < 4.78 is 25.7. The maximum Gasteiger partial charge on any atom is 0.269 e. The highest BCUT2D eigenvalue weighted by Crippen LogP contribution is 2.30. The van der Waals surface area contributed by atoms with Gasteiger partial charge in [-0.2, -0.15) is 0 Å². The van der Waals surface area contributed by atoms with E-state index < -0.39 is 27.7 Å². The van der Waals surface area contributed by atoms with Gasteiger partial charge in [-0.05, 0) is 24.3 Å². The monoisotopic (exact) mass is 356 g/mol. The number of carbonyl (C=O) groups is 3. The van der Waals surface area contributed by atoms with Gasteiger partial charge in [0.15, 0.2) is 0 Å². The largest absolute Gasteiger partial charge is 0.273 e. The third-order valence-corrected chi connectivity index (χ3v) is 6.16. The second kappa shape index (κ2) is 5.25. The van der Waals surface area contributed by atoms with Crippen molar-refractivity contribution in [1.29, 1.82) is 0 Å². The second-order valence-electron chi connectivity index (χ2n) is 5.69. The van der Waals surface area contributed by atoms with Gasteiger partial charge in [-0.1, -0.05) is 24.3 Å². The number of benzene rings is 2. The van der Waals surface area contributed by atoms with Crippen LogP contribution in [0.5, 0.6) is 0 Å². The number of nitrogens with zero attached hydrogens (tertiary/aromatic N) is 2. The van der Waals surface area contributed by atoms with Gasteiger partial charge in [0.05, 0.1) is 23.2 Å². The van der Waals surface area contributed by atoms with Crippen molar-refractivity contribution in [3.8, 4) is 0 Å². The van der Waals surface area contributed by atoms with Gasteiger partial charge in [-0.3, -0.25) is 19.3 Å². The van der Waals surface area contributed by atoms with E-state index in [4.69, 9.17) is 0 Å². The summed E-state index contributed by atoms with van der Waals surface area (Å²) in [4.78, 5) is 37.9. The molecule has 0 aromatic heterocycles. The summed E-state index contributed by atoms with van der Waals surface area (Å²) in [6.07, 6.45) is 0. The molecule has 0 unspecified atom stereocenters. The van der Waals surface area contributed by atoms with Crippen molar-refractivity contribution < 1.29 is 22.8 Å². The summed E-state index contributed by atoms with van der Waals surface area (Å²) in [5.41, 5.74) is 0.669. The maximum absolute atomic E-state index is 12.5. The number of hydrogen-bond acceptors (Lipinski definition) is 5. The average Bonchev–Trinajstić information content (AvgIpc) is 2.97. The van der Waals surface area contributed by atoms with Gasteiger partial charge < -0.3 is 0 Å². The summed E-state index contributed by atoms with van der Waals surface area (Å²) in [5, 5.41) is 0. The summed E-state index contributed by atoms with van der Waals surface area (Å²) in [5.74, 6) is -1.61. The van der Waals surface area contributed by atoms with Crippen LogP contribution in [0.15, 0.2) is 53.4 Å². The number of carbonyl (C=O) groups excluding carboxylic acids is 3. The van der Waals surface area contributed by atoms with Crippen LogP contribution in [0.2, 0.25) is 0 Å². The molecular weight excluding hydrogens is 344 g/mol. The third-order valence-electron chi connectivity index (χ3n) is 4.32. The first kappa shape index (κ1) is 15.5. The van der Waals surface area contributed by atoms with E-state index in [-0.39, 0.29) is 34.7 Å². The van der Waals surface area contributed by atoms with Crippen molar-refractivity contribution in [3.05, 3.63) is 65.2 Å².